The van der Waals surface area contributed by atoms with E-state index in [2.05, 4.69) is 17.6 Å². The first kappa shape index (κ1) is 12.8. The van der Waals surface area contributed by atoms with E-state index in [0.29, 0.717) is 11.8 Å². The molecule has 17 heavy (non-hydrogen) atoms. The Hall–Kier alpha value is -0.610. The highest BCUT2D eigenvalue weighted by Gasteiger charge is 2.27. The van der Waals surface area contributed by atoms with Crippen LogP contribution in [0, 0.1) is 11.8 Å². The molecule has 1 heterocycles. The van der Waals surface area contributed by atoms with Gasteiger partial charge < -0.3 is 15.7 Å². The number of amides is 1. The summed E-state index contributed by atoms with van der Waals surface area (Å²) in [5.74, 6) is 1.24. The molecule has 2 aliphatic rings. The SMILES string of the molecule is CC1CCNC(C(=O)NCC2CCC(O)C2)C1. The van der Waals surface area contributed by atoms with Gasteiger partial charge in [0, 0.05) is 6.54 Å². The molecule has 0 aromatic heterocycles. The Labute approximate surface area is 103 Å². The molecule has 4 unspecified atom stereocenters. The Bertz CT molecular complexity index is 270. The molecule has 1 saturated heterocycles. The van der Waals surface area contributed by atoms with Gasteiger partial charge >= 0.3 is 0 Å². The van der Waals surface area contributed by atoms with E-state index >= 15 is 0 Å². The number of aliphatic hydroxyl groups excluding tert-OH is 1. The average Bonchev–Trinajstić information content (AvgIpc) is 2.72. The molecule has 0 aromatic rings. The van der Waals surface area contributed by atoms with Crippen LogP contribution in [0.15, 0.2) is 0 Å². The summed E-state index contributed by atoms with van der Waals surface area (Å²) in [5.41, 5.74) is 0. The zero-order valence-corrected chi connectivity index (χ0v) is 10.6. The minimum absolute atomic E-state index is 0.00919. The molecule has 1 saturated carbocycles. The quantitative estimate of drug-likeness (QED) is 0.679. The highest BCUT2D eigenvalue weighted by molar-refractivity contribution is 5.81. The fourth-order valence-corrected chi connectivity index (χ4v) is 2.91. The number of hydrogen-bond donors (Lipinski definition) is 3. The summed E-state index contributed by atoms with van der Waals surface area (Å²) < 4.78 is 0. The lowest BCUT2D eigenvalue weighted by Gasteiger charge is -2.27. The lowest BCUT2D eigenvalue weighted by Crippen LogP contribution is -2.49. The fraction of sp³-hybridized carbons (Fsp3) is 0.923. The van der Waals surface area contributed by atoms with Crippen molar-refractivity contribution in [3.05, 3.63) is 0 Å². The van der Waals surface area contributed by atoms with Crippen molar-refractivity contribution >= 4 is 5.91 Å². The number of carbonyl (C=O) groups excluding carboxylic acids is 1. The van der Waals surface area contributed by atoms with Gasteiger partial charge in [0.25, 0.3) is 0 Å². The van der Waals surface area contributed by atoms with Crippen LogP contribution in [0.25, 0.3) is 0 Å². The first-order valence-electron chi connectivity index (χ1n) is 6.84. The molecule has 2 fully saturated rings. The van der Waals surface area contributed by atoms with Crippen LogP contribution in [-0.4, -0.2) is 36.2 Å². The van der Waals surface area contributed by atoms with Crippen LogP contribution in [0.4, 0.5) is 0 Å². The molecule has 2 rings (SSSR count). The lowest BCUT2D eigenvalue weighted by molar-refractivity contribution is -0.124. The second-order valence-corrected chi connectivity index (χ2v) is 5.71. The van der Waals surface area contributed by atoms with Gasteiger partial charge in [0.15, 0.2) is 0 Å². The zero-order chi connectivity index (χ0) is 12.3. The molecule has 4 nitrogen and oxygen atoms in total. The molecule has 1 aliphatic carbocycles. The van der Waals surface area contributed by atoms with Gasteiger partial charge in [-0.05, 0) is 50.5 Å². The maximum absolute atomic E-state index is 11.9. The van der Waals surface area contributed by atoms with E-state index in [1.54, 1.807) is 0 Å². The van der Waals surface area contributed by atoms with E-state index in [9.17, 15) is 9.90 Å². The maximum Gasteiger partial charge on any atom is 0.237 e. The molecule has 0 spiro atoms. The highest BCUT2D eigenvalue weighted by atomic mass is 16.3. The predicted octanol–water partition coefficient (Wildman–Crippen LogP) is 0.652. The van der Waals surface area contributed by atoms with E-state index < -0.39 is 0 Å². The van der Waals surface area contributed by atoms with Gasteiger partial charge in [0.1, 0.15) is 0 Å². The third-order valence-corrected chi connectivity index (χ3v) is 4.06. The van der Waals surface area contributed by atoms with Gasteiger partial charge in [0.05, 0.1) is 12.1 Å². The van der Waals surface area contributed by atoms with E-state index in [0.717, 1.165) is 38.8 Å². The summed E-state index contributed by atoms with van der Waals surface area (Å²) in [7, 11) is 0. The van der Waals surface area contributed by atoms with E-state index in [-0.39, 0.29) is 18.1 Å². The molecule has 0 aromatic carbocycles. The van der Waals surface area contributed by atoms with Gasteiger partial charge in [-0.15, -0.1) is 0 Å². The molecule has 98 valence electrons. The summed E-state index contributed by atoms with van der Waals surface area (Å²) in [6, 6.07) is -0.00919. The van der Waals surface area contributed by atoms with Gasteiger partial charge in [0.2, 0.25) is 5.91 Å². The van der Waals surface area contributed by atoms with Crippen LogP contribution < -0.4 is 10.6 Å². The van der Waals surface area contributed by atoms with Crippen molar-refractivity contribution in [2.45, 2.75) is 51.2 Å². The lowest BCUT2D eigenvalue weighted by atomic mass is 9.94. The number of nitrogens with one attached hydrogen (secondary N) is 2. The largest absolute Gasteiger partial charge is 0.393 e. The maximum atomic E-state index is 11.9. The predicted molar refractivity (Wildman–Crippen MR) is 66.5 cm³/mol. The second kappa shape index (κ2) is 5.83. The molecule has 3 N–H and O–H groups in total. The monoisotopic (exact) mass is 240 g/mol. The van der Waals surface area contributed by atoms with E-state index in [1.165, 1.54) is 6.42 Å². The van der Waals surface area contributed by atoms with Gasteiger partial charge in [-0.2, -0.15) is 0 Å². The first-order chi connectivity index (χ1) is 8.15. The molecule has 0 bridgehead atoms. The topological polar surface area (TPSA) is 61.4 Å². The Kier molecular flexibility index (Phi) is 4.40. The first-order valence-corrected chi connectivity index (χ1v) is 6.84. The normalized spacial score (nSPS) is 38.0. The van der Waals surface area contributed by atoms with Crippen molar-refractivity contribution in [3.63, 3.8) is 0 Å². The smallest absolute Gasteiger partial charge is 0.237 e. The fourth-order valence-electron chi connectivity index (χ4n) is 2.91. The van der Waals surface area contributed by atoms with Gasteiger partial charge in [-0.3, -0.25) is 4.79 Å². The standard InChI is InChI=1S/C13H24N2O2/c1-9-4-5-14-12(6-9)13(17)15-8-10-2-3-11(16)7-10/h9-12,14,16H,2-8H2,1H3,(H,15,17). The van der Waals surface area contributed by atoms with Crippen LogP contribution in [-0.2, 0) is 4.79 Å². The van der Waals surface area contributed by atoms with Crippen LogP contribution in [0.2, 0.25) is 0 Å². The molecule has 1 amide bonds. The van der Waals surface area contributed by atoms with Crippen LogP contribution in [0.3, 0.4) is 0 Å². The van der Waals surface area contributed by atoms with E-state index in [1.807, 2.05) is 0 Å². The highest BCUT2D eigenvalue weighted by Crippen LogP contribution is 2.24. The van der Waals surface area contributed by atoms with Gasteiger partial charge in [-0.25, -0.2) is 0 Å². The number of carbonyl (C=O) groups is 1. The van der Waals surface area contributed by atoms with Crippen molar-refractivity contribution in [3.8, 4) is 0 Å². The Morgan fingerprint density at radius 1 is 1.35 bits per heavy atom. The number of rotatable bonds is 3. The molecule has 0 radical (unpaired) electrons. The summed E-state index contributed by atoms with van der Waals surface area (Å²) in [4.78, 5) is 11.9. The van der Waals surface area contributed by atoms with Crippen LogP contribution >= 0.6 is 0 Å². The van der Waals surface area contributed by atoms with E-state index in [4.69, 9.17) is 0 Å². The van der Waals surface area contributed by atoms with Crippen molar-refractivity contribution in [2.24, 2.45) is 11.8 Å². The Morgan fingerprint density at radius 2 is 2.18 bits per heavy atom. The molecular formula is C13H24N2O2. The number of aliphatic hydroxyl groups is 1. The molecule has 4 heteroatoms. The van der Waals surface area contributed by atoms with Crippen molar-refractivity contribution in [1.82, 2.24) is 10.6 Å². The number of piperidine rings is 1. The minimum atomic E-state index is -0.148. The second-order valence-electron chi connectivity index (χ2n) is 5.71. The van der Waals surface area contributed by atoms with Crippen molar-refractivity contribution in [1.29, 1.82) is 0 Å². The summed E-state index contributed by atoms with van der Waals surface area (Å²) >= 11 is 0. The number of hydrogen-bond acceptors (Lipinski definition) is 3. The van der Waals surface area contributed by atoms with Crippen molar-refractivity contribution in [2.75, 3.05) is 13.1 Å². The van der Waals surface area contributed by atoms with Crippen LogP contribution in [0.1, 0.15) is 39.0 Å². The average molecular weight is 240 g/mol. The molecule has 4 atom stereocenters. The Morgan fingerprint density at radius 3 is 2.82 bits per heavy atom. The molecule has 1 aliphatic heterocycles. The Balaban J connectivity index is 1.69. The third kappa shape index (κ3) is 3.68. The zero-order valence-electron chi connectivity index (χ0n) is 10.6. The summed E-state index contributed by atoms with van der Waals surface area (Å²) in [5, 5.41) is 15.7. The minimum Gasteiger partial charge on any atom is -0.393 e. The van der Waals surface area contributed by atoms with Crippen molar-refractivity contribution < 1.29 is 9.90 Å². The summed E-state index contributed by atoms with van der Waals surface area (Å²) in [6.07, 6.45) is 4.73. The van der Waals surface area contributed by atoms with Crippen LogP contribution in [0.5, 0.6) is 0 Å². The third-order valence-electron chi connectivity index (χ3n) is 4.06. The van der Waals surface area contributed by atoms with Gasteiger partial charge in [-0.1, -0.05) is 6.92 Å². The molecular weight excluding hydrogens is 216 g/mol. The summed E-state index contributed by atoms with van der Waals surface area (Å²) in [6.45, 7) is 3.87.